The minimum atomic E-state index is -5.04. The fraction of sp³-hybridized carbons (Fsp3) is 0.467. The third-order valence-electron chi connectivity index (χ3n) is 3.73. The fourth-order valence-corrected chi connectivity index (χ4v) is 2.34. The summed E-state index contributed by atoms with van der Waals surface area (Å²) < 4.78 is 49.9. The first-order valence-electron chi connectivity index (χ1n) is 7.10. The second kappa shape index (κ2) is 6.31. The van der Waals surface area contributed by atoms with Crippen molar-refractivity contribution in [1.29, 1.82) is 0 Å². The van der Waals surface area contributed by atoms with Gasteiger partial charge in [0.15, 0.2) is 11.5 Å². The Bertz CT molecular complexity index is 675. The van der Waals surface area contributed by atoms with E-state index in [1.54, 1.807) is 6.92 Å². The molecule has 0 saturated heterocycles. The number of methoxy groups -OCH3 is 2. The van der Waals surface area contributed by atoms with Gasteiger partial charge >= 0.3 is 6.18 Å². The van der Waals surface area contributed by atoms with Gasteiger partial charge in [0.2, 0.25) is 0 Å². The SMILES string of the molecule is CCC1=NN(C(=O)c2ccc(OC)c(OC)c2)[C@@](O)(C(F)(F)F)C1. The van der Waals surface area contributed by atoms with Gasteiger partial charge in [-0.3, -0.25) is 4.79 Å². The van der Waals surface area contributed by atoms with Crippen LogP contribution in [0.4, 0.5) is 13.2 Å². The largest absolute Gasteiger partial charge is 0.493 e. The van der Waals surface area contributed by atoms with Crippen LogP contribution in [0.15, 0.2) is 23.3 Å². The molecule has 1 N–H and O–H groups in total. The standard InChI is InChI=1S/C15H17F3N2O4/c1-4-10-8-14(22,15(16,17)18)20(19-10)13(21)9-5-6-11(23-2)12(7-9)24-3/h5-7,22H,4,8H2,1-3H3/t14-/m0/s1. The first-order valence-corrected chi connectivity index (χ1v) is 7.10. The highest BCUT2D eigenvalue weighted by Gasteiger charge is 2.63. The zero-order valence-corrected chi connectivity index (χ0v) is 13.3. The molecule has 1 aliphatic rings. The van der Waals surface area contributed by atoms with Gasteiger partial charge in [-0.1, -0.05) is 6.92 Å². The van der Waals surface area contributed by atoms with E-state index in [9.17, 15) is 23.1 Å². The molecule has 6 nitrogen and oxygen atoms in total. The van der Waals surface area contributed by atoms with Gasteiger partial charge in [0.05, 0.1) is 14.2 Å². The van der Waals surface area contributed by atoms with Gasteiger partial charge in [0.1, 0.15) is 0 Å². The lowest BCUT2D eigenvalue weighted by Gasteiger charge is -2.32. The summed E-state index contributed by atoms with van der Waals surface area (Å²) in [5.74, 6) is -0.587. The van der Waals surface area contributed by atoms with E-state index in [-0.39, 0.29) is 28.5 Å². The molecule has 1 aromatic rings. The normalized spacial score (nSPS) is 20.8. The summed E-state index contributed by atoms with van der Waals surface area (Å²) >= 11 is 0. The first-order chi connectivity index (χ1) is 11.2. The molecule has 1 aromatic carbocycles. The average Bonchev–Trinajstić information content (AvgIpc) is 2.91. The molecule has 24 heavy (non-hydrogen) atoms. The van der Waals surface area contributed by atoms with Crippen LogP contribution in [0.3, 0.4) is 0 Å². The van der Waals surface area contributed by atoms with E-state index in [4.69, 9.17) is 9.47 Å². The Morgan fingerprint density at radius 2 is 1.96 bits per heavy atom. The summed E-state index contributed by atoms with van der Waals surface area (Å²) in [5.41, 5.74) is -3.39. The van der Waals surface area contributed by atoms with Crippen LogP contribution >= 0.6 is 0 Å². The van der Waals surface area contributed by atoms with Crippen molar-refractivity contribution in [3.8, 4) is 11.5 Å². The molecule has 0 spiro atoms. The van der Waals surface area contributed by atoms with E-state index in [2.05, 4.69) is 5.10 Å². The quantitative estimate of drug-likeness (QED) is 0.910. The van der Waals surface area contributed by atoms with Gasteiger partial charge in [0, 0.05) is 17.7 Å². The number of alkyl halides is 3. The number of rotatable bonds is 4. The van der Waals surface area contributed by atoms with Gasteiger partial charge in [-0.15, -0.1) is 0 Å². The number of halogens is 3. The number of aliphatic hydroxyl groups is 1. The average molecular weight is 346 g/mol. The van der Waals surface area contributed by atoms with Gasteiger partial charge in [-0.05, 0) is 24.6 Å². The van der Waals surface area contributed by atoms with Gasteiger partial charge < -0.3 is 14.6 Å². The van der Waals surface area contributed by atoms with Gasteiger partial charge in [-0.2, -0.15) is 23.3 Å². The highest BCUT2D eigenvalue weighted by Crippen LogP contribution is 2.41. The monoisotopic (exact) mass is 346 g/mol. The third kappa shape index (κ3) is 2.91. The van der Waals surface area contributed by atoms with Crippen LogP contribution in [0.1, 0.15) is 30.1 Å². The summed E-state index contributed by atoms with van der Waals surface area (Å²) in [7, 11) is 2.72. The van der Waals surface area contributed by atoms with Crippen LogP contribution in [0.25, 0.3) is 0 Å². The Morgan fingerprint density at radius 1 is 1.33 bits per heavy atom. The zero-order valence-electron chi connectivity index (χ0n) is 13.3. The van der Waals surface area contributed by atoms with Crippen molar-refractivity contribution in [3.05, 3.63) is 23.8 Å². The van der Waals surface area contributed by atoms with E-state index in [1.165, 1.54) is 32.4 Å². The summed E-state index contributed by atoms with van der Waals surface area (Å²) in [4.78, 5) is 12.5. The molecule has 1 heterocycles. The molecule has 9 heteroatoms. The van der Waals surface area contributed by atoms with E-state index in [0.29, 0.717) is 5.75 Å². The predicted octanol–water partition coefficient (Wildman–Crippen LogP) is 2.57. The number of ether oxygens (including phenoxy) is 2. The highest BCUT2D eigenvalue weighted by atomic mass is 19.4. The lowest BCUT2D eigenvalue weighted by Crippen LogP contribution is -2.56. The number of amides is 1. The Balaban J connectivity index is 2.45. The van der Waals surface area contributed by atoms with Crippen molar-refractivity contribution >= 4 is 11.6 Å². The molecular formula is C15H17F3N2O4. The Hall–Kier alpha value is -2.29. The van der Waals surface area contributed by atoms with Gasteiger partial charge in [-0.25, -0.2) is 0 Å². The lowest BCUT2D eigenvalue weighted by atomic mass is 10.0. The molecule has 0 unspecified atom stereocenters. The first kappa shape index (κ1) is 18.1. The number of hydrogen-bond acceptors (Lipinski definition) is 5. The van der Waals surface area contributed by atoms with E-state index >= 15 is 0 Å². The third-order valence-corrected chi connectivity index (χ3v) is 3.73. The maximum Gasteiger partial charge on any atom is 0.438 e. The van der Waals surface area contributed by atoms with Crippen LogP contribution in [-0.2, 0) is 0 Å². The Labute approximate surface area is 136 Å². The minimum Gasteiger partial charge on any atom is -0.493 e. The molecule has 0 aliphatic carbocycles. The van der Waals surface area contributed by atoms with E-state index < -0.39 is 24.2 Å². The highest BCUT2D eigenvalue weighted by molar-refractivity contribution is 5.98. The predicted molar refractivity (Wildman–Crippen MR) is 79.1 cm³/mol. The molecular weight excluding hydrogens is 329 g/mol. The second-order valence-corrected chi connectivity index (χ2v) is 5.20. The molecule has 1 aliphatic heterocycles. The summed E-state index contributed by atoms with van der Waals surface area (Å²) in [6.45, 7) is 1.60. The van der Waals surface area contributed by atoms with Crippen molar-refractivity contribution in [2.45, 2.75) is 31.7 Å². The molecule has 0 saturated carbocycles. The second-order valence-electron chi connectivity index (χ2n) is 5.20. The summed E-state index contributed by atoms with van der Waals surface area (Å²) in [6.07, 6.45) is -5.63. The fourth-order valence-electron chi connectivity index (χ4n) is 2.34. The van der Waals surface area contributed by atoms with Crippen LogP contribution in [0.5, 0.6) is 11.5 Å². The smallest absolute Gasteiger partial charge is 0.438 e. The van der Waals surface area contributed by atoms with Crippen molar-refractivity contribution in [3.63, 3.8) is 0 Å². The maximum absolute atomic E-state index is 13.3. The summed E-state index contributed by atoms with van der Waals surface area (Å²) in [6, 6.07) is 3.90. The molecule has 2 rings (SSSR count). The Kier molecular flexibility index (Phi) is 4.75. The number of carbonyl (C=O) groups excluding carboxylic acids is 1. The van der Waals surface area contributed by atoms with Crippen LogP contribution in [-0.4, -0.2) is 47.9 Å². The van der Waals surface area contributed by atoms with Crippen molar-refractivity contribution in [1.82, 2.24) is 5.01 Å². The number of hydrazone groups is 1. The number of hydrogen-bond donors (Lipinski definition) is 1. The van der Waals surface area contributed by atoms with Crippen molar-refractivity contribution < 1.29 is 32.5 Å². The number of benzene rings is 1. The number of nitrogens with zero attached hydrogens (tertiary/aromatic N) is 2. The lowest BCUT2D eigenvalue weighted by molar-refractivity contribution is -0.297. The molecule has 0 fully saturated rings. The topological polar surface area (TPSA) is 71.4 Å². The van der Waals surface area contributed by atoms with Crippen molar-refractivity contribution in [2.75, 3.05) is 14.2 Å². The van der Waals surface area contributed by atoms with E-state index in [0.717, 1.165) is 0 Å². The molecule has 1 atom stereocenters. The van der Waals surface area contributed by atoms with Crippen molar-refractivity contribution in [2.24, 2.45) is 5.10 Å². The zero-order chi connectivity index (χ0) is 18.1. The van der Waals surface area contributed by atoms with Crippen LogP contribution in [0.2, 0.25) is 0 Å². The van der Waals surface area contributed by atoms with E-state index in [1.807, 2.05) is 0 Å². The minimum absolute atomic E-state index is 0.0867. The summed E-state index contributed by atoms with van der Waals surface area (Å²) in [5, 5.41) is 13.8. The molecule has 0 radical (unpaired) electrons. The molecule has 132 valence electrons. The Morgan fingerprint density at radius 3 is 2.46 bits per heavy atom. The van der Waals surface area contributed by atoms with Crippen LogP contribution < -0.4 is 9.47 Å². The van der Waals surface area contributed by atoms with Gasteiger partial charge in [0.25, 0.3) is 11.6 Å². The molecule has 0 aromatic heterocycles. The molecule has 1 amide bonds. The maximum atomic E-state index is 13.3. The molecule has 0 bridgehead atoms. The number of carbonyl (C=O) groups is 1. The van der Waals surface area contributed by atoms with Crippen LogP contribution in [0, 0.1) is 0 Å².